The molecule has 0 saturated heterocycles. The molecule has 1 amide bonds. The zero-order valence-corrected chi connectivity index (χ0v) is 46.3. The molecule has 0 aliphatic carbocycles. The van der Waals surface area contributed by atoms with Crippen molar-refractivity contribution in [2.24, 2.45) is 0 Å². The van der Waals surface area contributed by atoms with Gasteiger partial charge in [0, 0.05) is 12.8 Å². The second kappa shape index (κ2) is 58.6. The molecule has 0 heterocycles. The van der Waals surface area contributed by atoms with Crippen LogP contribution in [-0.2, 0) is 14.3 Å². The molecule has 2 unspecified atom stereocenters. The topological polar surface area (TPSA) is 95.9 Å². The zero-order valence-electron chi connectivity index (χ0n) is 46.3. The molecule has 0 aromatic carbocycles. The predicted molar refractivity (Wildman–Crippen MR) is 301 cm³/mol. The summed E-state index contributed by atoms with van der Waals surface area (Å²) in [6.45, 7) is 4.92. The Morgan fingerprint density at radius 1 is 0.406 bits per heavy atom. The van der Waals surface area contributed by atoms with Crippen LogP contribution in [0, 0.1) is 0 Å². The number of allylic oxidation sites excluding steroid dienone is 6. The van der Waals surface area contributed by atoms with Crippen LogP contribution in [0.5, 0.6) is 0 Å². The number of nitrogens with one attached hydrogen (secondary N) is 1. The van der Waals surface area contributed by atoms with E-state index in [1.165, 1.54) is 225 Å². The van der Waals surface area contributed by atoms with Gasteiger partial charge >= 0.3 is 5.97 Å². The van der Waals surface area contributed by atoms with Gasteiger partial charge in [-0.15, -0.1) is 0 Å². The maximum Gasteiger partial charge on any atom is 0.305 e. The molecular weight excluding hydrogens is 851 g/mol. The van der Waals surface area contributed by atoms with Crippen molar-refractivity contribution in [3.63, 3.8) is 0 Å². The van der Waals surface area contributed by atoms with Crippen molar-refractivity contribution in [2.45, 2.75) is 341 Å². The minimum Gasteiger partial charge on any atom is -0.466 e. The molecule has 6 nitrogen and oxygen atoms in total. The fourth-order valence-corrected chi connectivity index (χ4v) is 9.45. The average molecular weight is 971 g/mol. The first-order valence-corrected chi connectivity index (χ1v) is 30.8. The van der Waals surface area contributed by atoms with Crippen molar-refractivity contribution >= 4 is 11.9 Å². The Kier molecular flexibility index (Phi) is 57.0. The van der Waals surface area contributed by atoms with Gasteiger partial charge < -0.3 is 20.3 Å². The first kappa shape index (κ1) is 67.1. The number of aliphatic hydroxyl groups excluding tert-OH is 2. The van der Waals surface area contributed by atoms with Gasteiger partial charge in [-0.2, -0.15) is 0 Å². The Morgan fingerprint density at radius 2 is 0.725 bits per heavy atom. The average Bonchev–Trinajstić information content (AvgIpc) is 3.35. The van der Waals surface area contributed by atoms with Gasteiger partial charge in [-0.1, -0.05) is 269 Å². The third-order valence-electron chi connectivity index (χ3n) is 14.2. The van der Waals surface area contributed by atoms with Crippen LogP contribution in [0.3, 0.4) is 0 Å². The first-order valence-electron chi connectivity index (χ1n) is 30.8. The Balaban J connectivity index is 3.46. The fourth-order valence-electron chi connectivity index (χ4n) is 9.45. The van der Waals surface area contributed by atoms with E-state index in [2.05, 4.69) is 55.6 Å². The lowest BCUT2D eigenvalue weighted by Gasteiger charge is -2.22. The molecule has 0 aromatic heterocycles. The fraction of sp³-hybridized carbons (Fsp3) is 0.873. The van der Waals surface area contributed by atoms with Crippen molar-refractivity contribution in [3.05, 3.63) is 36.5 Å². The van der Waals surface area contributed by atoms with E-state index in [4.69, 9.17) is 4.74 Å². The third-order valence-corrected chi connectivity index (χ3v) is 14.2. The first-order chi connectivity index (χ1) is 34.0. The standard InChI is InChI=1S/C63H119NO5/c1-3-5-7-9-11-13-15-17-19-20-22-26-29-33-37-41-45-49-53-57-63(68)69-58-54-50-46-42-38-34-30-27-24-21-23-25-28-32-36-40-44-48-52-56-62(67)64-60(59-65)61(66)55-51-47-43-39-35-31-18-16-14-12-10-8-6-4-2/h17,19,27,30,34,38,60-61,65-66H,3-16,18,20-26,28-29,31-33,35-37,39-59H2,1-2H3,(H,64,67)/b19-17-,30-27-,38-34-. The number of rotatable bonds is 57. The number of carbonyl (C=O) groups excluding carboxylic acids is 2. The lowest BCUT2D eigenvalue weighted by Crippen LogP contribution is -2.45. The van der Waals surface area contributed by atoms with Gasteiger partial charge in [-0.05, 0) is 83.5 Å². The summed E-state index contributed by atoms with van der Waals surface area (Å²) >= 11 is 0. The molecule has 0 saturated carbocycles. The highest BCUT2D eigenvalue weighted by atomic mass is 16.5. The van der Waals surface area contributed by atoms with E-state index in [9.17, 15) is 19.8 Å². The quantitative estimate of drug-likeness (QED) is 0.0244. The molecule has 0 spiro atoms. The summed E-state index contributed by atoms with van der Waals surface area (Å²) in [6.07, 6.45) is 72.9. The van der Waals surface area contributed by atoms with Gasteiger partial charge in [-0.3, -0.25) is 9.59 Å². The van der Waals surface area contributed by atoms with Crippen molar-refractivity contribution in [2.75, 3.05) is 13.2 Å². The summed E-state index contributed by atoms with van der Waals surface area (Å²) in [5.41, 5.74) is 0. The summed E-state index contributed by atoms with van der Waals surface area (Å²) in [6, 6.07) is -0.549. The molecule has 0 aromatic rings. The highest BCUT2D eigenvalue weighted by Crippen LogP contribution is 2.17. The Labute approximate surface area is 430 Å². The number of esters is 1. The van der Waals surface area contributed by atoms with Crippen LogP contribution in [0.1, 0.15) is 328 Å². The van der Waals surface area contributed by atoms with E-state index in [0.717, 1.165) is 70.6 Å². The van der Waals surface area contributed by atoms with E-state index >= 15 is 0 Å². The molecule has 6 heteroatoms. The van der Waals surface area contributed by atoms with E-state index in [0.29, 0.717) is 25.9 Å². The Morgan fingerprint density at radius 3 is 1.12 bits per heavy atom. The van der Waals surface area contributed by atoms with E-state index < -0.39 is 12.1 Å². The van der Waals surface area contributed by atoms with Crippen molar-refractivity contribution in [1.29, 1.82) is 0 Å². The summed E-state index contributed by atoms with van der Waals surface area (Å²) < 4.78 is 5.47. The van der Waals surface area contributed by atoms with Crippen LogP contribution in [-0.4, -0.2) is 47.4 Å². The molecule has 0 fully saturated rings. The summed E-state index contributed by atoms with van der Waals surface area (Å²) in [7, 11) is 0. The van der Waals surface area contributed by atoms with Crippen LogP contribution in [0.25, 0.3) is 0 Å². The summed E-state index contributed by atoms with van der Waals surface area (Å²) in [5, 5.41) is 23.3. The molecule has 0 bridgehead atoms. The highest BCUT2D eigenvalue weighted by molar-refractivity contribution is 5.76. The number of ether oxygens (including phenoxy) is 1. The highest BCUT2D eigenvalue weighted by Gasteiger charge is 2.20. The van der Waals surface area contributed by atoms with Crippen LogP contribution in [0.4, 0.5) is 0 Å². The zero-order chi connectivity index (χ0) is 50.0. The number of aliphatic hydroxyl groups is 2. The second-order valence-electron chi connectivity index (χ2n) is 21.1. The number of carbonyl (C=O) groups is 2. The minimum absolute atomic E-state index is 0.0136. The molecular formula is C63H119NO5. The van der Waals surface area contributed by atoms with Crippen LogP contribution >= 0.6 is 0 Å². The molecule has 69 heavy (non-hydrogen) atoms. The minimum atomic E-state index is -0.671. The van der Waals surface area contributed by atoms with Crippen LogP contribution in [0.2, 0.25) is 0 Å². The Hall–Kier alpha value is -1.92. The predicted octanol–water partition coefficient (Wildman–Crippen LogP) is 19.2. The van der Waals surface area contributed by atoms with Crippen molar-refractivity contribution < 1.29 is 24.5 Å². The molecule has 0 aliphatic rings. The van der Waals surface area contributed by atoms with Crippen molar-refractivity contribution in [1.82, 2.24) is 5.32 Å². The molecule has 0 radical (unpaired) electrons. The van der Waals surface area contributed by atoms with Crippen molar-refractivity contribution in [3.8, 4) is 0 Å². The molecule has 406 valence electrons. The molecule has 0 rings (SSSR count). The van der Waals surface area contributed by atoms with Gasteiger partial charge in [0.15, 0.2) is 0 Å². The van der Waals surface area contributed by atoms with Gasteiger partial charge in [0.05, 0.1) is 25.4 Å². The number of hydrogen-bond acceptors (Lipinski definition) is 5. The maximum absolute atomic E-state index is 12.5. The molecule has 3 N–H and O–H groups in total. The normalized spacial score (nSPS) is 12.8. The van der Waals surface area contributed by atoms with Gasteiger partial charge in [-0.25, -0.2) is 0 Å². The Bertz CT molecular complexity index is 1120. The van der Waals surface area contributed by atoms with E-state index in [1.54, 1.807) is 0 Å². The summed E-state index contributed by atoms with van der Waals surface area (Å²) in [5.74, 6) is -0.0577. The number of amides is 1. The van der Waals surface area contributed by atoms with Crippen LogP contribution in [0.15, 0.2) is 36.5 Å². The SMILES string of the molecule is CCCCCCCC/C=C\CCCCCCCCCCCC(=O)OCCCCC/C=C\C=C/CCCCCCCCCCCCC(=O)NC(CO)C(O)CCCCCCCCCCCCCCCC. The lowest BCUT2D eigenvalue weighted by molar-refractivity contribution is -0.143. The van der Waals surface area contributed by atoms with E-state index in [1.807, 2.05) is 0 Å². The molecule has 2 atom stereocenters. The van der Waals surface area contributed by atoms with Gasteiger partial charge in [0.1, 0.15) is 0 Å². The lowest BCUT2D eigenvalue weighted by atomic mass is 10.0. The third kappa shape index (κ3) is 55.2. The van der Waals surface area contributed by atoms with Crippen LogP contribution < -0.4 is 5.32 Å². The largest absolute Gasteiger partial charge is 0.466 e. The van der Waals surface area contributed by atoms with E-state index in [-0.39, 0.29) is 18.5 Å². The monoisotopic (exact) mass is 970 g/mol. The van der Waals surface area contributed by atoms with Gasteiger partial charge in [0.2, 0.25) is 5.91 Å². The second-order valence-corrected chi connectivity index (χ2v) is 21.1. The van der Waals surface area contributed by atoms with Gasteiger partial charge in [0.25, 0.3) is 0 Å². The molecule has 0 aliphatic heterocycles. The maximum atomic E-state index is 12.5. The summed E-state index contributed by atoms with van der Waals surface area (Å²) in [4.78, 5) is 24.6. The smallest absolute Gasteiger partial charge is 0.305 e. The number of unbranched alkanes of at least 4 members (excludes halogenated alkanes) is 41. The number of hydrogen-bond donors (Lipinski definition) is 3.